The van der Waals surface area contributed by atoms with Crippen LogP contribution >= 0.6 is 11.3 Å². The third kappa shape index (κ3) is 5.03. The summed E-state index contributed by atoms with van der Waals surface area (Å²) in [5.41, 5.74) is 2.82. The highest BCUT2D eigenvalue weighted by molar-refractivity contribution is 7.13. The molecule has 126 valence electrons. The van der Waals surface area contributed by atoms with Crippen LogP contribution in [-0.2, 0) is 16.0 Å². The first-order chi connectivity index (χ1) is 11.5. The van der Waals surface area contributed by atoms with E-state index in [0.29, 0.717) is 18.5 Å². The van der Waals surface area contributed by atoms with Crippen LogP contribution in [0.2, 0.25) is 0 Å². The van der Waals surface area contributed by atoms with E-state index in [9.17, 15) is 9.59 Å². The molecular formula is C18H20N2O3S. The molecule has 0 radical (unpaired) electrons. The summed E-state index contributed by atoms with van der Waals surface area (Å²) in [5.74, 6) is -1.38. The number of benzene rings is 1. The second kappa shape index (κ2) is 8.40. The minimum Gasteiger partial charge on any atom is -0.480 e. The molecule has 0 aliphatic carbocycles. The third-order valence-corrected chi connectivity index (χ3v) is 4.42. The lowest BCUT2D eigenvalue weighted by atomic mass is 10.1. The quantitative estimate of drug-likeness (QED) is 0.721. The van der Waals surface area contributed by atoms with Gasteiger partial charge in [-0.15, -0.1) is 17.9 Å². The monoisotopic (exact) mass is 344 g/mol. The summed E-state index contributed by atoms with van der Waals surface area (Å²) in [4.78, 5) is 27.7. The number of nitrogens with one attached hydrogen (secondary N) is 1. The lowest BCUT2D eigenvalue weighted by Gasteiger charge is -2.12. The molecule has 0 saturated carbocycles. The van der Waals surface area contributed by atoms with Crippen molar-refractivity contribution in [3.05, 3.63) is 53.6 Å². The first kappa shape index (κ1) is 17.9. The van der Waals surface area contributed by atoms with Crippen molar-refractivity contribution in [1.82, 2.24) is 10.3 Å². The van der Waals surface area contributed by atoms with Crippen LogP contribution in [0.1, 0.15) is 24.1 Å². The molecule has 24 heavy (non-hydrogen) atoms. The molecule has 0 spiro atoms. The van der Waals surface area contributed by atoms with Crippen LogP contribution in [-0.4, -0.2) is 28.0 Å². The van der Waals surface area contributed by atoms with Crippen molar-refractivity contribution < 1.29 is 14.7 Å². The van der Waals surface area contributed by atoms with Gasteiger partial charge in [-0.05, 0) is 19.8 Å². The summed E-state index contributed by atoms with van der Waals surface area (Å²) in [7, 11) is 0. The molecule has 1 heterocycles. The van der Waals surface area contributed by atoms with Gasteiger partial charge in [-0.2, -0.15) is 0 Å². The van der Waals surface area contributed by atoms with E-state index < -0.39 is 12.0 Å². The van der Waals surface area contributed by atoms with Gasteiger partial charge in [0.15, 0.2) is 0 Å². The summed E-state index contributed by atoms with van der Waals surface area (Å²) < 4.78 is 0. The molecule has 1 aromatic heterocycles. The van der Waals surface area contributed by atoms with Gasteiger partial charge < -0.3 is 10.4 Å². The number of nitrogens with zero attached hydrogens (tertiary/aromatic N) is 1. The zero-order chi connectivity index (χ0) is 17.5. The van der Waals surface area contributed by atoms with Crippen molar-refractivity contribution in [3.8, 4) is 10.6 Å². The summed E-state index contributed by atoms with van der Waals surface area (Å²) in [6, 6.07) is 7.12. The van der Waals surface area contributed by atoms with E-state index in [1.54, 1.807) is 6.08 Å². The van der Waals surface area contributed by atoms with Crippen LogP contribution < -0.4 is 5.32 Å². The van der Waals surface area contributed by atoms with Gasteiger partial charge in [0.2, 0.25) is 5.91 Å². The number of hydrogen-bond donors (Lipinski definition) is 2. The Morgan fingerprint density at radius 2 is 2.08 bits per heavy atom. The van der Waals surface area contributed by atoms with Gasteiger partial charge in [0.1, 0.15) is 11.0 Å². The Kier molecular flexibility index (Phi) is 6.26. The van der Waals surface area contributed by atoms with E-state index in [2.05, 4.69) is 16.9 Å². The van der Waals surface area contributed by atoms with E-state index in [4.69, 9.17) is 5.11 Å². The molecule has 1 amide bonds. The number of thiazole rings is 1. The maximum absolute atomic E-state index is 12.0. The molecule has 1 unspecified atom stereocenters. The van der Waals surface area contributed by atoms with Crippen LogP contribution in [0.5, 0.6) is 0 Å². The third-order valence-electron chi connectivity index (χ3n) is 3.48. The predicted molar refractivity (Wildman–Crippen MR) is 95.0 cm³/mol. The van der Waals surface area contributed by atoms with Gasteiger partial charge >= 0.3 is 5.97 Å². The van der Waals surface area contributed by atoms with Crippen LogP contribution in [0.3, 0.4) is 0 Å². The van der Waals surface area contributed by atoms with E-state index >= 15 is 0 Å². The van der Waals surface area contributed by atoms with E-state index in [-0.39, 0.29) is 12.3 Å². The van der Waals surface area contributed by atoms with Gasteiger partial charge in [0, 0.05) is 10.9 Å². The average Bonchev–Trinajstić information content (AvgIpc) is 3.00. The Balaban J connectivity index is 1.98. The van der Waals surface area contributed by atoms with Crippen LogP contribution in [0, 0.1) is 6.92 Å². The highest BCUT2D eigenvalue weighted by Gasteiger charge is 2.19. The first-order valence-electron chi connectivity index (χ1n) is 7.64. The largest absolute Gasteiger partial charge is 0.480 e. The van der Waals surface area contributed by atoms with Crippen molar-refractivity contribution in [2.75, 3.05) is 0 Å². The molecule has 0 aliphatic heterocycles. The number of rotatable bonds is 8. The Morgan fingerprint density at radius 3 is 2.71 bits per heavy atom. The molecule has 0 aliphatic rings. The van der Waals surface area contributed by atoms with Crippen LogP contribution in [0.25, 0.3) is 10.6 Å². The Bertz CT molecular complexity index is 722. The van der Waals surface area contributed by atoms with Crippen LogP contribution in [0.15, 0.2) is 42.3 Å². The number of hydrogen-bond acceptors (Lipinski definition) is 4. The Morgan fingerprint density at radius 1 is 1.38 bits per heavy atom. The highest BCUT2D eigenvalue weighted by Crippen LogP contribution is 2.24. The standard InChI is InChI=1S/C18H20N2O3S/c1-3-4-5-15(18(22)23)20-16(21)10-14-11-24-17(19-14)13-8-6-12(2)7-9-13/h3,6-9,11,15H,1,4-5,10H2,2H3,(H,20,21)(H,22,23). The minimum absolute atomic E-state index is 0.0697. The number of allylic oxidation sites excluding steroid dienone is 1. The fourth-order valence-electron chi connectivity index (χ4n) is 2.17. The maximum atomic E-state index is 12.0. The average molecular weight is 344 g/mol. The summed E-state index contributed by atoms with van der Waals surface area (Å²) in [5, 5.41) is 14.3. The molecule has 6 heteroatoms. The molecule has 2 aromatic rings. The molecule has 0 bridgehead atoms. The molecule has 5 nitrogen and oxygen atoms in total. The van der Waals surface area contributed by atoms with E-state index in [0.717, 1.165) is 10.6 Å². The van der Waals surface area contributed by atoms with E-state index in [1.807, 2.05) is 36.6 Å². The van der Waals surface area contributed by atoms with Gasteiger partial charge in [0.25, 0.3) is 0 Å². The van der Waals surface area contributed by atoms with Gasteiger partial charge in [-0.1, -0.05) is 35.9 Å². The number of carbonyl (C=O) groups excluding carboxylic acids is 1. The fraction of sp³-hybridized carbons (Fsp3) is 0.278. The zero-order valence-corrected chi connectivity index (χ0v) is 14.3. The lowest BCUT2D eigenvalue weighted by molar-refractivity contribution is -0.141. The maximum Gasteiger partial charge on any atom is 0.326 e. The summed E-state index contributed by atoms with van der Waals surface area (Å²) >= 11 is 1.47. The van der Waals surface area contributed by atoms with Crippen molar-refractivity contribution in [3.63, 3.8) is 0 Å². The molecule has 0 fully saturated rings. The Hall–Kier alpha value is -2.47. The lowest BCUT2D eigenvalue weighted by Crippen LogP contribution is -2.41. The predicted octanol–water partition coefficient (Wildman–Crippen LogP) is 3.20. The van der Waals surface area contributed by atoms with E-state index in [1.165, 1.54) is 16.9 Å². The number of carboxylic acids is 1. The highest BCUT2D eigenvalue weighted by atomic mass is 32.1. The molecule has 2 N–H and O–H groups in total. The summed E-state index contributed by atoms with van der Waals surface area (Å²) in [6.07, 6.45) is 2.57. The van der Waals surface area contributed by atoms with Gasteiger partial charge in [-0.25, -0.2) is 9.78 Å². The number of amides is 1. The number of aryl methyl sites for hydroxylation is 1. The summed E-state index contributed by atoms with van der Waals surface area (Å²) in [6.45, 7) is 5.58. The molecule has 1 atom stereocenters. The topological polar surface area (TPSA) is 79.3 Å². The SMILES string of the molecule is C=CCCC(NC(=O)Cc1csc(-c2ccc(C)cc2)n1)C(=O)O. The second-order valence-electron chi connectivity index (χ2n) is 5.51. The van der Waals surface area contributed by atoms with Crippen LogP contribution in [0.4, 0.5) is 0 Å². The first-order valence-corrected chi connectivity index (χ1v) is 8.52. The Labute approximate surface area is 145 Å². The van der Waals surface area contributed by atoms with Gasteiger partial charge in [-0.3, -0.25) is 4.79 Å². The number of aromatic nitrogens is 1. The van der Waals surface area contributed by atoms with Crippen molar-refractivity contribution in [2.45, 2.75) is 32.2 Å². The molecule has 1 aromatic carbocycles. The number of carboxylic acid groups (broad SMARTS) is 1. The number of carbonyl (C=O) groups is 2. The minimum atomic E-state index is -1.04. The fourth-order valence-corrected chi connectivity index (χ4v) is 2.99. The smallest absolute Gasteiger partial charge is 0.326 e. The molecule has 2 rings (SSSR count). The molecular weight excluding hydrogens is 324 g/mol. The van der Waals surface area contributed by atoms with Gasteiger partial charge in [0.05, 0.1) is 12.1 Å². The second-order valence-corrected chi connectivity index (χ2v) is 6.37. The van der Waals surface area contributed by atoms with Crippen molar-refractivity contribution in [2.24, 2.45) is 0 Å². The van der Waals surface area contributed by atoms with Crippen molar-refractivity contribution >= 4 is 23.2 Å². The number of aliphatic carboxylic acids is 1. The normalized spacial score (nSPS) is 11.7. The van der Waals surface area contributed by atoms with Crippen molar-refractivity contribution in [1.29, 1.82) is 0 Å². The molecule has 0 saturated heterocycles. The zero-order valence-electron chi connectivity index (χ0n) is 13.5.